The van der Waals surface area contributed by atoms with Gasteiger partial charge in [-0.3, -0.25) is 0 Å². The van der Waals surface area contributed by atoms with Gasteiger partial charge in [0.2, 0.25) is 0 Å². The summed E-state index contributed by atoms with van der Waals surface area (Å²) in [6.07, 6.45) is 1.46. The highest BCUT2D eigenvalue weighted by Gasteiger charge is 2.14. The Morgan fingerprint density at radius 3 is 1.83 bits per heavy atom. The second-order valence-corrected chi connectivity index (χ2v) is 6.25. The lowest BCUT2D eigenvalue weighted by Gasteiger charge is -2.16. The molecule has 0 saturated carbocycles. The van der Waals surface area contributed by atoms with Crippen LogP contribution in [0.1, 0.15) is 22.3 Å². The number of rotatable bonds is 6. The van der Waals surface area contributed by atoms with Crippen LogP contribution in [0.15, 0.2) is 78.9 Å². The lowest BCUT2D eigenvalue weighted by atomic mass is 9.94. The number of hydrogen-bond acceptors (Lipinski definition) is 3. The molecular formula is C20H19O3P. The van der Waals surface area contributed by atoms with Crippen LogP contribution >= 0.6 is 8.60 Å². The molecular weight excluding hydrogens is 319 g/mol. The quantitative estimate of drug-likeness (QED) is 0.653. The van der Waals surface area contributed by atoms with Gasteiger partial charge in [-0.25, -0.2) is 0 Å². The predicted octanol–water partition coefficient (Wildman–Crippen LogP) is 4.46. The van der Waals surface area contributed by atoms with E-state index in [1.165, 1.54) is 5.56 Å². The zero-order valence-electron chi connectivity index (χ0n) is 13.2. The molecule has 2 N–H and O–H groups in total. The summed E-state index contributed by atoms with van der Waals surface area (Å²) >= 11 is 0. The van der Waals surface area contributed by atoms with Gasteiger partial charge in [-0.05, 0) is 29.2 Å². The first-order chi connectivity index (χ1) is 11.7. The van der Waals surface area contributed by atoms with Crippen molar-refractivity contribution in [1.29, 1.82) is 0 Å². The third-order valence-corrected chi connectivity index (χ3v) is 4.23. The Kier molecular flexibility index (Phi) is 5.60. The zero-order valence-corrected chi connectivity index (χ0v) is 14.1. The van der Waals surface area contributed by atoms with E-state index in [4.69, 9.17) is 4.52 Å². The van der Waals surface area contributed by atoms with Crippen molar-refractivity contribution in [2.45, 2.75) is 12.8 Å². The molecule has 0 fully saturated rings. The van der Waals surface area contributed by atoms with Crippen molar-refractivity contribution in [3.05, 3.63) is 101 Å². The van der Waals surface area contributed by atoms with E-state index in [1.54, 1.807) is 6.07 Å². The first-order valence-electron chi connectivity index (χ1n) is 7.77. The maximum atomic E-state index is 9.28. The van der Waals surface area contributed by atoms with Crippen LogP contribution in [0, 0.1) is 0 Å². The van der Waals surface area contributed by atoms with Crippen LogP contribution in [0.5, 0.6) is 5.75 Å². The van der Waals surface area contributed by atoms with E-state index in [2.05, 4.69) is 30.3 Å². The first kappa shape index (κ1) is 16.7. The topological polar surface area (TPSA) is 49.7 Å². The fraction of sp³-hybridized carbons (Fsp3) is 0.100. The Morgan fingerprint density at radius 2 is 1.25 bits per heavy atom. The largest absolute Gasteiger partial charge is 0.427 e. The lowest BCUT2D eigenvalue weighted by molar-refractivity contribution is 0.373. The zero-order chi connectivity index (χ0) is 16.8. The molecule has 0 heterocycles. The summed E-state index contributed by atoms with van der Waals surface area (Å²) in [5.74, 6) is 0.531. The first-order valence-corrected chi connectivity index (χ1v) is 8.93. The van der Waals surface area contributed by atoms with Gasteiger partial charge in [0, 0.05) is 12.0 Å². The molecule has 3 nitrogen and oxygen atoms in total. The van der Waals surface area contributed by atoms with E-state index in [9.17, 15) is 9.79 Å². The van der Waals surface area contributed by atoms with Crippen LogP contribution in [0.4, 0.5) is 0 Å². The highest BCUT2D eigenvalue weighted by atomic mass is 31.2. The third-order valence-electron chi connectivity index (χ3n) is 3.87. The molecule has 0 unspecified atom stereocenters. The molecule has 3 aromatic rings. The van der Waals surface area contributed by atoms with Gasteiger partial charge in [-0.1, -0.05) is 72.8 Å². The van der Waals surface area contributed by atoms with E-state index in [1.807, 2.05) is 42.5 Å². The fourth-order valence-electron chi connectivity index (χ4n) is 2.77. The van der Waals surface area contributed by atoms with Crippen LogP contribution < -0.4 is 4.52 Å². The molecule has 122 valence electrons. The average molecular weight is 338 g/mol. The molecule has 3 rings (SSSR count). The molecule has 0 saturated heterocycles. The van der Waals surface area contributed by atoms with Crippen LogP contribution in [-0.4, -0.2) is 9.79 Å². The second kappa shape index (κ2) is 8.07. The standard InChI is InChI=1S/C20H19O3P/c21-24(22)23-20-13-7-12-18(14-16-8-3-1-4-9-16)19(20)15-17-10-5-2-6-11-17/h1-13,21-22H,14-15H2. The Bertz CT molecular complexity index is 773. The van der Waals surface area contributed by atoms with Crippen molar-refractivity contribution < 1.29 is 14.3 Å². The number of benzene rings is 3. The summed E-state index contributed by atoms with van der Waals surface area (Å²) in [4.78, 5) is 18.6. The summed E-state index contributed by atoms with van der Waals surface area (Å²) in [6, 6.07) is 26.1. The van der Waals surface area contributed by atoms with E-state index in [-0.39, 0.29) is 0 Å². The van der Waals surface area contributed by atoms with Gasteiger partial charge in [0.05, 0.1) is 0 Å². The van der Waals surface area contributed by atoms with E-state index < -0.39 is 8.60 Å². The Balaban J connectivity index is 1.97. The molecule has 4 heteroatoms. The highest BCUT2D eigenvalue weighted by Crippen LogP contribution is 2.35. The molecule has 0 aromatic heterocycles. The van der Waals surface area contributed by atoms with E-state index >= 15 is 0 Å². The fourth-order valence-corrected chi connectivity index (χ4v) is 3.11. The van der Waals surface area contributed by atoms with Crippen LogP contribution in [0.25, 0.3) is 0 Å². The van der Waals surface area contributed by atoms with Gasteiger partial charge in [-0.2, -0.15) is 0 Å². The van der Waals surface area contributed by atoms with E-state index in [0.29, 0.717) is 12.2 Å². The van der Waals surface area contributed by atoms with Crippen LogP contribution in [0.3, 0.4) is 0 Å². The summed E-state index contributed by atoms with van der Waals surface area (Å²) in [5.41, 5.74) is 4.48. The summed E-state index contributed by atoms with van der Waals surface area (Å²) in [7, 11) is -2.44. The second-order valence-electron chi connectivity index (χ2n) is 5.56. The van der Waals surface area contributed by atoms with Gasteiger partial charge in [0.1, 0.15) is 5.75 Å². The molecule has 0 bridgehead atoms. The maximum Gasteiger partial charge on any atom is 0.391 e. The van der Waals surface area contributed by atoms with Gasteiger partial charge in [0.25, 0.3) is 0 Å². The van der Waals surface area contributed by atoms with Crippen molar-refractivity contribution >= 4 is 8.60 Å². The minimum atomic E-state index is -2.44. The van der Waals surface area contributed by atoms with Gasteiger partial charge >= 0.3 is 8.60 Å². The molecule has 0 amide bonds. The highest BCUT2D eigenvalue weighted by molar-refractivity contribution is 7.39. The molecule has 0 aliphatic heterocycles. The third kappa shape index (κ3) is 4.42. The molecule has 0 aliphatic carbocycles. The molecule has 0 spiro atoms. The van der Waals surface area contributed by atoms with Gasteiger partial charge in [-0.15, -0.1) is 0 Å². The van der Waals surface area contributed by atoms with Gasteiger partial charge < -0.3 is 14.3 Å². The summed E-state index contributed by atoms with van der Waals surface area (Å²) in [5, 5.41) is 0. The van der Waals surface area contributed by atoms with Crippen LogP contribution in [0.2, 0.25) is 0 Å². The van der Waals surface area contributed by atoms with Crippen molar-refractivity contribution in [3.8, 4) is 5.75 Å². The molecule has 0 aliphatic rings. The van der Waals surface area contributed by atoms with Crippen molar-refractivity contribution in [3.63, 3.8) is 0 Å². The Labute approximate surface area is 143 Å². The predicted molar refractivity (Wildman–Crippen MR) is 96.9 cm³/mol. The normalized spacial score (nSPS) is 10.8. The van der Waals surface area contributed by atoms with Crippen LogP contribution in [-0.2, 0) is 12.8 Å². The van der Waals surface area contributed by atoms with Gasteiger partial charge in [0.15, 0.2) is 0 Å². The van der Waals surface area contributed by atoms with E-state index in [0.717, 1.165) is 23.1 Å². The molecule has 24 heavy (non-hydrogen) atoms. The lowest BCUT2D eigenvalue weighted by Crippen LogP contribution is -2.01. The monoisotopic (exact) mass is 338 g/mol. The SMILES string of the molecule is OP(O)Oc1cccc(Cc2ccccc2)c1Cc1ccccc1. The molecule has 3 aromatic carbocycles. The Morgan fingerprint density at radius 1 is 0.667 bits per heavy atom. The summed E-state index contributed by atoms with van der Waals surface area (Å²) in [6.45, 7) is 0. The average Bonchev–Trinajstić information content (AvgIpc) is 2.59. The van der Waals surface area contributed by atoms with Crippen molar-refractivity contribution in [2.24, 2.45) is 0 Å². The molecule has 0 atom stereocenters. The summed E-state index contributed by atoms with van der Waals surface area (Å²) < 4.78 is 5.27. The smallest absolute Gasteiger partial charge is 0.391 e. The number of hydrogen-bond donors (Lipinski definition) is 2. The van der Waals surface area contributed by atoms with Crippen molar-refractivity contribution in [2.75, 3.05) is 0 Å². The molecule has 0 radical (unpaired) electrons. The Hall–Kier alpha value is -2.19. The van der Waals surface area contributed by atoms with Crippen molar-refractivity contribution in [1.82, 2.24) is 0 Å². The minimum Gasteiger partial charge on any atom is -0.427 e. The maximum absolute atomic E-state index is 9.28. The minimum absolute atomic E-state index is 0.531.